The van der Waals surface area contributed by atoms with E-state index in [9.17, 15) is 5.11 Å². The van der Waals surface area contributed by atoms with Crippen molar-refractivity contribution in [2.45, 2.75) is 44.3 Å². The van der Waals surface area contributed by atoms with Crippen LogP contribution >= 0.6 is 0 Å². The molecule has 2 nitrogen and oxygen atoms in total. The van der Waals surface area contributed by atoms with E-state index in [-0.39, 0.29) is 12.2 Å². The Balaban J connectivity index is 2.15. The van der Waals surface area contributed by atoms with Crippen LogP contribution in [0.3, 0.4) is 0 Å². The lowest BCUT2D eigenvalue weighted by Crippen LogP contribution is -2.24. The van der Waals surface area contributed by atoms with Crippen LogP contribution < -0.4 is 0 Å². The van der Waals surface area contributed by atoms with E-state index in [4.69, 9.17) is 4.74 Å². The van der Waals surface area contributed by atoms with Crippen molar-refractivity contribution in [3.05, 3.63) is 12.7 Å². The molecule has 1 aliphatic heterocycles. The fraction of sp³-hybridized carbons (Fsp3) is 0.800. The van der Waals surface area contributed by atoms with Crippen molar-refractivity contribution in [1.29, 1.82) is 0 Å². The average Bonchev–Trinajstić information content (AvgIpc) is 2.06. The lowest BCUT2D eigenvalue weighted by atomic mass is 10.0. The summed E-state index contributed by atoms with van der Waals surface area (Å²) in [4.78, 5) is 0. The number of hydrogen-bond donors (Lipinski definition) is 1. The highest BCUT2D eigenvalue weighted by Gasteiger charge is 2.16. The molecule has 0 spiro atoms. The van der Waals surface area contributed by atoms with Gasteiger partial charge in [0.05, 0.1) is 12.2 Å². The lowest BCUT2D eigenvalue weighted by Gasteiger charge is -2.24. The van der Waals surface area contributed by atoms with Gasteiger partial charge in [-0.3, -0.25) is 0 Å². The molecular formula is C10H18O2. The van der Waals surface area contributed by atoms with Gasteiger partial charge >= 0.3 is 0 Å². The zero-order valence-corrected chi connectivity index (χ0v) is 7.54. The molecule has 0 aromatic heterocycles. The van der Waals surface area contributed by atoms with Crippen LogP contribution in [0.1, 0.15) is 32.1 Å². The summed E-state index contributed by atoms with van der Waals surface area (Å²) in [6.07, 6.45) is 6.76. The molecule has 1 aliphatic rings. The summed E-state index contributed by atoms with van der Waals surface area (Å²) in [5.41, 5.74) is 0. The number of ether oxygens (including phenoxy) is 1. The smallest absolute Gasteiger partial charge is 0.0599 e. The van der Waals surface area contributed by atoms with Crippen LogP contribution in [-0.2, 0) is 4.74 Å². The normalized spacial score (nSPS) is 26.6. The Morgan fingerprint density at radius 1 is 1.58 bits per heavy atom. The largest absolute Gasteiger partial charge is 0.393 e. The maximum Gasteiger partial charge on any atom is 0.0599 e. The molecule has 2 heteroatoms. The third-order valence-electron chi connectivity index (χ3n) is 2.25. The van der Waals surface area contributed by atoms with E-state index < -0.39 is 0 Å². The number of aliphatic hydroxyl groups excluding tert-OH is 1. The van der Waals surface area contributed by atoms with Gasteiger partial charge in [-0.25, -0.2) is 0 Å². The first-order chi connectivity index (χ1) is 5.83. The van der Waals surface area contributed by atoms with Gasteiger partial charge in [0.1, 0.15) is 0 Å². The first-order valence-electron chi connectivity index (χ1n) is 4.73. The van der Waals surface area contributed by atoms with E-state index in [1.54, 1.807) is 6.08 Å². The molecule has 1 fully saturated rings. The molecule has 1 rings (SSSR count). The van der Waals surface area contributed by atoms with Gasteiger partial charge in [0.25, 0.3) is 0 Å². The van der Waals surface area contributed by atoms with Crippen LogP contribution in [0, 0.1) is 0 Å². The summed E-state index contributed by atoms with van der Waals surface area (Å²) < 4.78 is 5.50. The lowest BCUT2D eigenvalue weighted by molar-refractivity contribution is -0.0143. The summed E-state index contributed by atoms with van der Waals surface area (Å²) in [6, 6.07) is 0. The van der Waals surface area contributed by atoms with Gasteiger partial charge in [-0.05, 0) is 32.1 Å². The molecule has 70 valence electrons. The van der Waals surface area contributed by atoms with Gasteiger partial charge in [0.15, 0.2) is 0 Å². The van der Waals surface area contributed by atoms with Gasteiger partial charge in [0.2, 0.25) is 0 Å². The maximum atomic E-state index is 9.45. The Bertz CT molecular complexity index is 128. The Morgan fingerprint density at radius 2 is 2.42 bits per heavy atom. The molecule has 0 unspecified atom stereocenters. The van der Waals surface area contributed by atoms with E-state index in [0.29, 0.717) is 6.42 Å². The highest BCUT2D eigenvalue weighted by atomic mass is 16.5. The Hall–Kier alpha value is -0.340. The van der Waals surface area contributed by atoms with Crippen LogP contribution in [0.4, 0.5) is 0 Å². The van der Waals surface area contributed by atoms with Crippen LogP contribution in [0.2, 0.25) is 0 Å². The van der Waals surface area contributed by atoms with Crippen molar-refractivity contribution in [3.8, 4) is 0 Å². The molecule has 12 heavy (non-hydrogen) atoms. The van der Waals surface area contributed by atoms with Crippen molar-refractivity contribution >= 4 is 0 Å². The Kier molecular flexibility index (Phi) is 4.33. The van der Waals surface area contributed by atoms with Crippen molar-refractivity contribution in [1.82, 2.24) is 0 Å². The molecule has 0 amide bonds. The fourth-order valence-corrected chi connectivity index (χ4v) is 1.59. The van der Waals surface area contributed by atoms with Crippen molar-refractivity contribution in [2.75, 3.05) is 6.61 Å². The quantitative estimate of drug-likeness (QED) is 0.653. The minimum Gasteiger partial charge on any atom is -0.393 e. The molecule has 0 aliphatic carbocycles. The molecular weight excluding hydrogens is 152 g/mol. The third kappa shape index (κ3) is 3.37. The van der Waals surface area contributed by atoms with Crippen molar-refractivity contribution in [2.24, 2.45) is 0 Å². The van der Waals surface area contributed by atoms with E-state index in [1.165, 1.54) is 12.8 Å². The van der Waals surface area contributed by atoms with E-state index in [1.807, 2.05) is 0 Å². The standard InChI is InChI=1S/C10H18O2/c1-2-5-9(11)8-10-6-3-4-7-12-10/h2,9-11H,1,3-8H2/t9-,10+/m1/s1. The number of hydrogen-bond acceptors (Lipinski definition) is 2. The summed E-state index contributed by atoms with van der Waals surface area (Å²) in [6.45, 7) is 4.46. The summed E-state index contributed by atoms with van der Waals surface area (Å²) >= 11 is 0. The van der Waals surface area contributed by atoms with Crippen LogP contribution in [0.15, 0.2) is 12.7 Å². The Labute approximate surface area is 74.2 Å². The van der Waals surface area contributed by atoms with Crippen molar-refractivity contribution in [3.63, 3.8) is 0 Å². The predicted octanol–water partition coefficient (Wildman–Crippen LogP) is 1.88. The van der Waals surface area contributed by atoms with Crippen LogP contribution in [0.5, 0.6) is 0 Å². The molecule has 1 saturated heterocycles. The summed E-state index contributed by atoms with van der Waals surface area (Å²) in [7, 11) is 0. The molecule has 2 atom stereocenters. The van der Waals surface area contributed by atoms with Crippen molar-refractivity contribution < 1.29 is 9.84 Å². The zero-order chi connectivity index (χ0) is 8.81. The summed E-state index contributed by atoms with van der Waals surface area (Å²) in [5, 5.41) is 9.45. The minimum absolute atomic E-state index is 0.259. The second kappa shape index (κ2) is 5.33. The topological polar surface area (TPSA) is 29.5 Å². The summed E-state index contributed by atoms with van der Waals surface area (Å²) in [5.74, 6) is 0. The zero-order valence-electron chi connectivity index (χ0n) is 7.54. The molecule has 0 saturated carbocycles. The maximum absolute atomic E-state index is 9.45. The van der Waals surface area contributed by atoms with Gasteiger partial charge in [-0.15, -0.1) is 6.58 Å². The molecule has 1 heterocycles. The minimum atomic E-state index is -0.259. The van der Waals surface area contributed by atoms with Crippen LogP contribution in [-0.4, -0.2) is 23.9 Å². The third-order valence-corrected chi connectivity index (χ3v) is 2.25. The monoisotopic (exact) mass is 170 g/mol. The Morgan fingerprint density at radius 3 is 3.00 bits per heavy atom. The van der Waals surface area contributed by atoms with Gasteiger partial charge < -0.3 is 9.84 Å². The predicted molar refractivity (Wildman–Crippen MR) is 49.0 cm³/mol. The molecule has 0 aromatic rings. The SMILES string of the molecule is C=CC[C@@H](O)C[C@@H]1CCCCO1. The van der Waals surface area contributed by atoms with E-state index in [0.717, 1.165) is 19.4 Å². The second-order valence-corrected chi connectivity index (χ2v) is 3.40. The molecule has 0 aromatic carbocycles. The van der Waals surface area contributed by atoms with E-state index >= 15 is 0 Å². The average molecular weight is 170 g/mol. The van der Waals surface area contributed by atoms with Gasteiger partial charge in [-0.2, -0.15) is 0 Å². The highest BCUT2D eigenvalue weighted by molar-refractivity contribution is 4.76. The highest BCUT2D eigenvalue weighted by Crippen LogP contribution is 2.17. The molecule has 0 radical (unpaired) electrons. The first-order valence-corrected chi connectivity index (χ1v) is 4.73. The first kappa shape index (κ1) is 9.75. The number of aliphatic hydroxyl groups is 1. The number of rotatable bonds is 4. The second-order valence-electron chi connectivity index (χ2n) is 3.40. The molecule has 0 bridgehead atoms. The van der Waals surface area contributed by atoms with Gasteiger partial charge in [0, 0.05) is 6.61 Å². The van der Waals surface area contributed by atoms with Gasteiger partial charge in [-0.1, -0.05) is 6.08 Å². The van der Waals surface area contributed by atoms with E-state index in [2.05, 4.69) is 6.58 Å². The fourth-order valence-electron chi connectivity index (χ4n) is 1.59. The molecule has 1 N–H and O–H groups in total. The van der Waals surface area contributed by atoms with Crippen LogP contribution in [0.25, 0.3) is 0 Å².